The number of hydrogen-bond donors (Lipinski definition) is 1. The van der Waals surface area contributed by atoms with Crippen LogP contribution >= 0.6 is 0 Å². The molecule has 1 aliphatic heterocycles. The number of rotatable bonds is 0. The van der Waals surface area contributed by atoms with Crippen molar-refractivity contribution in [3.63, 3.8) is 0 Å². The van der Waals surface area contributed by atoms with Crippen LogP contribution in [0.25, 0.3) is 0 Å². The second-order valence-corrected chi connectivity index (χ2v) is 4.33. The highest BCUT2D eigenvalue weighted by Gasteiger charge is 2.02. The van der Waals surface area contributed by atoms with Crippen molar-refractivity contribution >= 4 is 11.7 Å². The van der Waals surface area contributed by atoms with Gasteiger partial charge in [0.05, 0.1) is 0 Å². The molecule has 0 aliphatic carbocycles. The molecule has 0 aromatic carbocycles. The molecule has 0 spiro atoms. The van der Waals surface area contributed by atoms with Crippen LogP contribution in [0.2, 0.25) is 0 Å². The van der Waals surface area contributed by atoms with Gasteiger partial charge in [-0.3, -0.25) is 9.59 Å². The van der Waals surface area contributed by atoms with E-state index in [2.05, 4.69) is 5.32 Å². The maximum atomic E-state index is 11.4. The number of carbonyl (C=O) groups is 2. The Hall–Kier alpha value is -1.12. The van der Waals surface area contributed by atoms with Crippen LogP contribution in [-0.4, -0.2) is 11.7 Å². The van der Waals surface area contributed by atoms with Crippen LogP contribution in [0.4, 0.5) is 0 Å². The summed E-state index contributed by atoms with van der Waals surface area (Å²) in [7, 11) is 0. The molecule has 0 bridgehead atoms. The minimum absolute atomic E-state index is 0.0563. The van der Waals surface area contributed by atoms with Gasteiger partial charge in [-0.2, -0.15) is 0 Å². The topological polar surface area (TPSA) is 46.2 Å². The molecular formula is C13H21NO2. The Balaban J connectivity index is 2.34. The van der Waals surface area contributed by atoms with Gasteiger partial charge in [0.15, 0.2) is 0 Å². The number of amides is 1. The maximum absolute atomic E-state index is 11.4. The Kier molecular flexibility index (Phi) is 6.54. The van der Waals surface area contributed by atoms with Gasteiger partial charge >= 0.3 is 0 Å². The van der Waals surface area contributed by atoms with Gasteiger partial charge < -0.3 is 5.32 Å². The zero-order chi connectivity index (χ0) is 11.6. The van der Waals surface area contributed by atoms with E-state index in [-0.39, 0.29) is 11.7 Å². The lowest BCUT2D eigenvalue weighted by Gasteiger charge is -2.03. The highest BCUT2D eigenvalue weighted by atomic mass is 16.1. The van der Waals surface area contributed by atoms with Gasteiger partial charge in [0.2, 0.25) is 5.91 Å². The summed E-state index contributed by atoms with van der Waals surface area (Å²) < 4.78 is 0. The lowest BCUT2D eigenvalue weighted by atomic mass is 10.1. The van der Waals surface area contributed by atoms with Gasteiger partial charge in [-0.25, -0.2) is 0 Å². The van der Waals surface area contributed by atoms with E-state index in [4.69, 9.17) is 0 Å². The Morgan fingerprint density at radius 1 is 0.875 bits per heavy atom. The van der Waals surface area contributed by atoms with Gasteiger partial charge in [-0.1, -0.05) is 31.8 Å². The Bertz CT molecular complexity index is 233. The van der Waals surface area contributed by atoms with Crippen molar-refractivity contribution in [3.05, 3.63) is 12.3 Å². The molecule has 16 heavy (non-hydrogen) atoms. The molecule has 1 rings (SSSR count). The molecule has 0 aromatic heterocycles. The Labute approximate surface area is 97.3 Å². The number of allylic oxidation sites excluding steroid dienone is 1. The SMILES string of the molecule is O=C1C/C=C\NC(=O)CCCCCCCC1. The number of hydrogen-bond acceptors (Lipinski definition) is 2. The summed E-state index contributed by atoms with van der Waals surface area (Å²) in [6.45, 7) is 0. The molecule has 0 aromatic rings. The van der Waals surface area contributed by atoms with E-state index < -0.39 is 0 Å². The zero-order valence-corrected chi connectivity index (χ0v) is 9.84. The van der Waals surface area contributed by atoms with Crippen LogP contribution in [0.3, 0.4) is 0 Å². The van der Waals surface area contributed by atoms with E-state index in [1.54, 1.807) is 12.3 Å². The highest BCUT2D eigenvalue weighted by Crippen LogP contribution is 2.10. The van der Waals surface area contributed by atoms with Gasteiger partial charge in [0.25, 0.3) is 0 Å². The monoisotopic (exact) mass is 223 g/mol. The molecular weight excluding hydrogens is 202 g/mol. The fourth-order valence-electron chi connectivity index (χ4n) is 1.83. The number of ketones is 1. The highest BCUT2D eigenvalue weighted by molar-refractivity contribution is 5.80. The summed E-state index contributed by atoms with van der Waals surface area (Å²) in [5.41, 5.74) is 0. The van der Waals surface area contributed by atoms with Gasteiger partial charge in [0.1, 0.15) is 5.78 Å². The first kappa shape index (κ1) is 12.9. The first-order valence-corrected chi connectivity index (χ1v) is 6.25. The van der Waals surface area contributed by atoms with Crippen molar-refractivity contribution in [2.24, 2.45) is 0 Å². The minimum atomic E-state index is 0.0563. The van der Waals surface area contributed by atoms with E-state index in [9.17, 15) is 9.59 Å². The van der Waals surface area contributed by atoms with Crippen molar-refractivity contribution < 1.29 is 9.59 Å². The number of nitrogens with one attached hydrogen (secondary N) is 1. The van der Waals surface area contributed by atoms with Crippen molar-refractivity contribution in [2.75, 3.05) is 0 Å². The predicted octanol–water partition coefficient (Wildman–Crippen LogP) is 2.71. The fraction of sp³-hybridized carbons (Fsp3) is 0.692. The molecule has 3 nitrogen and oxygen atoms in total. The van der Waals surface area contributed by atoms with E-state index >= 15 is 0 Å². The quantitative estimate of drug-likeness (QED) is 0.686. The standard InChI is InChI=1S/C13H21NO2/c15-12-8-5-3-1-2-4-6-10-13(16)14-11-7-9-12/h7,11H,1-6,8-10H2,(H,14,16)/b11-7-. The normalized spacial score (nSPS) is 23.2. The van der Waals surface area contributed by atoms with Crippen molar-refractivity contribution in [1.29, 1.82) is 0 Å². The third-order valence-electron chi connectivity index (χ3n) is 2.82. The van der Waals surface area contributed by atoms with Crippen LogP contribution in [0.15, 0.2) is 12.3 Å². The number of carbonyl (C=O) groups excluding carboxylic acids is 2. The fourth-order valence-corrected chi connectivity index (χ4v) is 1.83. The van der Waals surface area contributed by atoms with Crippen LogP contribution < -0.4 is 5.32 Å². The third kappa shape index (κ3) is 6.38. The molecule has 3 heteroatoms. The van der Waals surface area contributed by atoms with Crippen molar-refractivity contribution in [1.82, 2.24) is 5.32 Å². The average molecular weight is 223 g/mol. The van der Waals surface area contributed by atoms with E-state index in [1.807, 2.05) is 0 Å². The van der Waals surface area contributed by atoms with Gasteiger partial charge in [-0.05, 0) is 12.8 Å². The molecule has 1 heterocycles. The molecule has 1 N–H and O–H groups in total. The summed E-state index contributed by atoms with van der Waals surface area (Å²) in [5.74, 6) is 0.323. The molecule has 0 radical (unpaired) electrons. The Morgan fingerprint density at radius 2 is 1.50 bits per heavy atom. The zero-order valence-electron chi connectivity index (χ0n) is 9.84. The number of Topliss-reactive ketones (excluding diaryl/α,β-unsaturated/α-hetero) is 1. The first-order chi connectivity index (χ1) is 7.79. The third-order valence-corrected chi connectivity index (χ3v) is 2.82. The van der Waals surface area contributed by atoms with Crippen molar-refractivity contribution in [3.8, 4) is 0 Å². The Morgan fingerprint density at radius 3 is 2.25 bits per heavy atom. The van der Waals surface area contributed by atoms with Crippen LogP contribution in [0.5, 0.6) is 0 Å². The molecule has 0 fully saturated rings. The van der Waals surface area contributed by atoms with E-state index in [1.165, 1.54) is 12.8 Å². The largest absolute Gasteiger partial charge is 0.333 e. The summed E-state index contributed by atoms with van der Waals surface area (Å²) in [4.78, 5) is 22.7. The first-order valence-electron chi connectivity index (χ1n) is 6.25. The predicted molar refractivity (Wildman–Crippen MR) is 63.8 cm³/mol. The van der Waals surface area contributed by atoms with E-state index in [0.29, 0.717) is 19.3 Å². The average Bonchev–Trinajstić information content (AvgIpc) is 2.27. The summed E-state index contributed by atoms with van der Waals surface area (Å²) in [5, 5.41) is 2.69. The van der Waals surface area contributed by atoms with Crippen molar-refractivity contribution in [2.45, 2.75) is 57.8 Å². The van der Waals surface area contributed by atoms with Gasteiger partial charge in [0, 0.05) is 25.5 Å². The van der Waals surface area contributed by atoms with Crippen LogP contribution in [-0.2, 0) is 9.59 Å². The molecule has 1 aliphatic rings. The smallest absolute Gasteiger partial charge is 0.223 e. The van der Waals surface area contributed by atoms with E-state index in [0.717, 1.165) is 25.7 Å². The molecule has 1 amide bonds. The molecule has 90 valence electrons. The molecule has 0 atom stereocenters. The molecule has 0 saturated heterocycles. The maximum Gasteiger partial charge on any atom is 0.223 e. The lowest BCUT2D eigenvalue weighted by molar-refractivity contribution is -0.120. The summed E-state index contributed by atoms with van der Waals surface area (Å²) >= 11 is 0. The molecule has 0 saturated carbocycles. The minimum Gasteiger partial charge on any atom is -0.333 e. The lowest BCUT2D eigenvalue weighted by Crippen LogP contribution is -2.16. The molecule has 0 unspecified atom stereocenters. The summed E-state index contributed by atoms with van der Waals surface area (Å²) in [6, 6.07) is 0. The van der Waals surface area contributed by atoms with Crippen LogP contribution in [0, 0.1) is 0 Å². The second-order valence-electron chi connectivity index (χ2n) is 4.33. The second kappa shape index (κ2) is 8.08. The summed E-state index contributed by atoms with van der Waals surface area (Å²) in [6.07, 6.45) is 11.7. The van der Waals surface area contributed by atoms with Gasteiger partial charge in [-0.15, -0.1) is 0 Å². The van der Waals surface area contributed by atoms with Crippen LogP contribution in [0.1, 0.15) is 57.8 Å².